The van der Waals surface area contributed by atoms with Gasteiger partial charge >= 0.3 is 5.97 Å². The maximum atomic E-state index is 11.7. The van der Waals surface area contributed by atoms with E-state index in [-0.39, 0.29) is 17.9 Å². The highest BCUT2D eigenvalue weighted by Crippen LogP contribution is 2.23. The minimum absolute atomic E-state index is 0.0453. The van der Waals surface area contributed by atoms with Gasteiger partial charge in [0.2, 0.25) is 5.89 Å². The minimum atomic E-state index is -0.0666. The normalized spacial score (nSPS) is 26.3. The van der Waals surface area contributed by atoms with Crippen LogP contribution in [0.3, 0.4) is 0 Å². The van der Waals surface area contributed by atoms with Gasteiger partial charge in [0.25, 0.3) is 0 Å². The molecule has 2 aliphatic rings. The largest absolute Gasteiger partial charge is 0.464 e. The van der Waals surface area contributed by atoms with Crippen molar-refractivity contribution in [2.75, 3.05) is 26.7 Å². The summed E-state index contributed by atoms with van der Waals surface area (Å²) in [5.41, 5.74) is 0. The SMILES string of the molecule is CC(C)c1nc(CN(C)C2CCN(C3CCOC3=O)C2)no1. The second kappa shape index (κ2) is 6.34. The molecule has 1 aromatic rings. The second-order valence-corrected chi connectivity index (χ2v) is 6.53. The Labute approximate surface area is 130 Å². The molecule has 22 heavy (non-hydrogen) atoms. The number of carbonyl (C=O) groups is 1. The van der Waals surface area contributed by atoms with Gasteiger partial charge in [0.1, 0.15) is 6.04 Å². The van der Waals surface area contributed by atoms with E-state index in [1.807, 2.05) is 13.8 Å². The van der Waals surface area contributed by atoms with Crippen molar-refractivity contribution in [2.24, 2.45) is 0 Å². The third-order valence-corrected chi connectivity index (χ3v) is 4.54. The topological polar surface area (TPSA) is 71.7 Å². The van der Waals surface area contributed by atoms with Gasteiger partial charge in [-0.3, -0.25) is 14.6 Å². The fourth-order valence-electron chi connectivity index (χ4n) is 3.15. The number of likely N-dealkylation sites (N-methyl/N-ethyl adjacent to an activating group) is 1. The summed E-state index contributed by atoms with van der Waals surface area (Å²) in [6.45, 7) is 7.14. The van der Waals surface area contributed by atoms with Crippen LogP contribution in [0.1, 0.15) is 44.3 Å². The molecule has 0 N–H and O–H groups in total. The molecule has 0 aliphatic carbocycles. The summed E-state index contributed by atoms with van der Waals surface area (Å²) in [6, 6.07) is 0.366. The van der Waals surface area contributed by atoms with Gasteiger partial charge in [0, 0.05) is 31.5 Å². The smallest absolute Gasteiger partial charge is 0.323 e. The average molecular weight is 308 g/mol. The summed E-state index contributed by atoms with van der Waals surface area (Å²) < 4.78 is 10.3. The number of nitrogens with zero attached hydrogens (tertiary/aromatic N) is 4. The van der Waals surface area contributed by atoms with Crippen molar-refractivity contribution < 1.29 is 14.1 Å². The van der Waals surface area contributed by atoms with Crippen LogP contribution in [0.4, 0.5) is 0 Å². The molecule has 0 aromatic carbocycles. The van der Waals surface area contributed by atoms with E-state index in [4.69, 9.17) is 9.26 Å². The fourth-order valence-corrected chi connectivity index (χ4v) is 3.15. The summed E-state index contributed by atoms with van der Waals surface area (Å²) >= 11 is 0. The first kappa shape index (κ1) is 15.4. The monoisotopic (exact) mass is 308 g/mol. The maximum Gasteiger partial charge on any atom is 0.323 e. The van der Waals surface area contributed by atoms with E-state index in [2.05, 4.69) is 27.0 Å². The number of hydrogen-bond donors (Lipinski definition) is 0. The van der Waals surface area contributed by atoms with Crippen LogP contribution >= 0.6 is 0 Å². The highest BCUT2D eigenvalue weighted by Gasteiger charge is 2.37. The Bertz CT molecular complexity index is 531. The molecule has 122 valence electrons. The Hall–Kier alpha value is -1.47. The predicted molar refractivity (Wildman–Crippen MR) is 79.2 cm³/mol. The first-order valence-corrected chi connectivity index (χ1v) is 7.98. The van der Waals surface area contributed by atoms with Gasteiger partial charge in [0.05, 0.1) is 13.2 Å². The number of aromatic nitrogens is 2. The molecule has 2 saturated heterocycles. The van der Waals surface area contributed by atoms with Crippen molar-refractivity contribution in [3.63, 3.8) is 0 Å². The van der Waals surface area contributed by atoms with Crippen LogP contribution in [-0.4, -0.2) is 64.7 Å². The zero-order valence-corrected chi connectivity index (χ0v) is 13.5. The lowest BCUT2D eigenvalue weighted by molar-refractivity contribution is -0.142. The van der Waals surface area contributed by atoms with E-state index in [0.717, 1.165) is 31.8 Å². The van der Waals surface area contributed by atoms with Crippen LogP contribution in [0.2, 0.25) is 0 Å². The zero-order chi connectivity index (χ0) is 15.7. The van der Waals surface area contributed by atoms with Crippen molar-refractivity contribution in [3.8, 4) is 0 Å². The van der Waals surface area contributed by atoms with Crippen molar-refractivity contribution in [1.29, 1.82) is 0 Å². The maximum absolute atomic E-state index is 11.7. The summed E-state index contributed by atoms with van der Waals surface area (Å²) in [4.78, 5) is 20.6. The molecule has 2 unspecified atom stereocenters. The molecule has 3 rings (SSSR count). The number of cyclic esters (lactones) is 1. The molecule has 0 radical (unpaired) electrons. The lowest BCUT2D eigenvalue weighted by Gasteiger charge is -2.24. The second-order valence-electron chi connectivity index (χ2n) is 6.53. The van der Waals surface area contributed by atoms with Crippen LogP contribution in [-0.2, 0) is 16.1 Å². The van der Waals surface area contributed by atoms with Gasteiger partial charge < -0.3 is 9.26 Å². The molecule has 3 heterocycles. The molecule has 1 aromatic heterocycles. The van der Waals surface area contributed by atoms with Crippen molar-refractivity contribution in [2.45, 2.75) is 51.2 Å². The number of hydrogen-bond acceptors (Lipinski definition) is 7. The Balaban J connectivity index is 1.54. The number of esters is 1. The highest BCUT2D eigenvalue weighted by atomic mass is 16.5. The van der Waals surface area contributed by atoms with Gasteiger partial charge in [-0.15, -0.1) is 0 Å². The lowest BCUT2D eigenvalue weighted by atomic mass is 10.2. The molecular weight excluding hydrogens is 284 g/mol. The standard InChI is InChI=1S/C15H24N4O3/c1-10(2)14-16-13(17-22-14)9-18(3)11-4-6-19(8-11)12-5-7-21-15(12)20/h10-12H,4-9H2,1-3H3. The molecule has 0 bridgehead atoms. The molecule has 7 heteroatoms. The molecule has 0 spiro atoms. The summed E-state index contributed by atoms with van der Waals surface area (Å²) in [5, 5.41) is 4.04. The van der Waals surface area contributed by atoms with E-state index >= 15 is 0 Å². The van der Waals surface area contributed by atoms with Crippen molar-refractivity contribution in [3.05, 3.63) is 11.7 Å². The number of carbonyl (C=O) groups excluding carboxylic acids is 1. The molecular formula is C15H24N4O3. The van der Waals surface area contributed by atoms with E-state index in [0.29, 0.717) is 25.1 Å². The minimum Gasteiger partial charge on any atom is -0.464 e. The van der Waals surface area contributed by atoms with Crippen LogP contribution in [0.15, 0.2) is 4.52 Å². The Kier molecular flexibility index (Phi) is 4.44. The number of rotatable bonds is 5. The van der Waals surface area contributed by atoms with Crippen LogP contribution < -0.4 is 0 Å². The van der Waals surface area contributed by atoms with Crippen molar-refractivity contribution >= 4 is 5.97 Å². The molecule has 2 atom stereocenters. The first-order valence-electron chi connectivity index (χ1n) is 7.98. The van der Waals surface area contributed by atoms with Crippen LogP contribution in [0.25, 0.3) is 0 Å². The quantitative estimate of drug-likeness (QED) is 0.752. The molecule has 2 aliphatic heterocycles. The van der Waals surface area contributed by atoms with Crippen LogP contribution in [0, 0.1) is 0 Å². The molecule has 0 saturated carbocycles. The Morgan fingerprint density at radius 1 is 1.41 bits per heavy atom. The van der Waals surface area contributed by atoms with Gasteiger partial charge in [-0.1, -0.05) is 19.0 Å². The summed E-state index contributed by atoms with van der Waals surface area (Å²) in [5.74, 6) is 1.60. The highest BCUT2D eigenvalue weighted by molar-refractivity contribution is 5.77. The third-order valence-electron chi connectivity index (χ3n) is 4.54. The Morgan fingerprint density at radius 2 is 2.23 bits per heavy atom. The first-order chi connectivity index (χ1) is 10.5. The van der Waals surface area contributed by atoms with Gasteiger partial charge in [0.15, 0.2) is 5.82 Å². The third kappa shape index (κ3) is 3.15. The fraction of sp³-hybridized carbons (Fsp3) is 0.800. The average Bonchev–Trinajstić information content (AvgIpc) is 3.17. The molecule has 7 nitrogen and oxygen atoms in total. The number of ether oxygens (including phenoxy) is 1. The van der Waals surface area contributed by atoms with E-state index in [1.54, 1.807) is 0 Å². The Morgan fingerprint density at radius 3 is 2.86 bits per heavy atom. The van der Waals surface area contributed by atoms with E-state index in [1.165, 1.54) is 0 Å². The molecule has 0 amide bonds. The van der Waals surface area contributed by atoms with E-state index < -0.39 is 0 Å². The van der Waals surface area contributed by atoms with E-state index in [9.17, 15) is 4.79 Å². The van der Waals surface area contributed by atoms with Gasteiger partial charge in [-0.05, 0) is 13.5 Å². The zero-order valence-electron chi connectivity index (χ0n) is 13.5. The number of likely N-dealkylation sites (tertiary alicyclic amines) is 1. The van der Waals surface area contributed by atoms with Gasteiger partial charge in [-0.25, -0.2) is 0 Å². The van der Waals surface area contributed by atoms with Gasteiger partial charge in [-0.2, -0.15) is 4.98 Å². The summed E-state index contributed by atoms with van der Waals surface area (Å²) in [7, 11) is 2.08. The predicted octanol–water partition coefficient (Wildman–Crippen LogP) is 1.01. The molecule has 2 fully saturated rings. The van der Waals surface area contributed by atoms with Crippen molar-refractivity contribution in [1.82, 2.24) is 19.9 Å². The lowest BCUT2D eigenvalue weighted by Crippen LogP contribution is -2.40. The van der Waals surface area contributed by atoms with Crippen LogP contribution in [0.5, 0.6) is 0 Å². The summed E-state index contributed by atoms with van der Waals surface area (Å²) in [6.07, 6.45) is 1.87.